The Kier molecular flexibility index (Phi) is 7.22. The Morgan fingerprint density at radius 1 is 0.971 bits per heavy atom. The molecule has 0 bridgehead atoms. The van der Waals surface area contributed by atoms with Crippen molar-refractivity contribution in [3.63, 3.8) is 0 Å². The molecular weight excluding hydrogens is 436 g/mol. The quantitative estimate of drug-likeness (QED) is 0.605. The van der Waals surface area contributed by atoms with Crippen molar-refractivity contribution in [3.05, 3.63) is 65.4 Å². The van der Waals surface area contributed by atoms with Gasteiger partial charge in [-0.3, -0.25) is 4.90 Å². The smallest absolute Gasteiger partial charge is 0.338 e. The van der Waals surface area contributed by atoms with Gasteiger partial charge in [-0.25, -0.2) is 9.59 Å². The van der Waals surface area contributed by atoms with E-state index in [1.54, 1.807) is 14.2 Å². The molecule has 1 unspecified atom stereocenters. The van der Waals surface area contributed by atoms with E-state index < -0.39 is 12.0 Å². The number of rotatable bonds is 7. The third-order valence-corrected chi connectivity index (χ3v) is 6.18. The monoisotopic (exact) mass is 466 g/mol. The minimum absolute atomic E-state index is 0.354. The van der Waals surface area contributed by atoms with Gasteiger partial charge in [0.2, 0.25) is 0 Å². The molecule has 2 N–H and O–H groups in total. The largest absolute Gasteiger partial charge is 0.497 e. The summed E-state index contributed by atoms with van der Waals surface area (Å²) in [6, 6.07) is 14.3. The number of nitrogens with zero attached hydrogens (tertiary/aromatic N) is 2. The van der Waals surface area contributed by atoms with E-state index in [2.05, 4.69) is 32.6 Å². The highest BCUT2D eigenvalue weighted by Gasteiger charge is 2.34. The number of carbonyl (C=O) groups is 2. The van der Waals surface area contributed by atoms with Gasteiger partial charge in [0.25, 0.3) is 0 Å². The van der Waals surface area contributed by atoms with Crippen molar-refractivity contribution in [2.75, 3.05) is 59.0 Å². The molecule has 9 heteroatoms. The van der Waals surface area contributed by atoms with Crippen LogP contribution in [0.2, 0.25) is 0 Å². The van der Waals surface area contributed by atoms with Crippen LogP contribution in [0.1, 0.15) is 11.6 Å². The molecule has 0 saturated carbocycles. The number of nitrogens with one attached hydrogen (secondary N) is 2. The number of benzene rings is 2. The van der Waals surface area contributed by atoms with Crippen molar-refractivity contribution >= 4 is 17.7 Å². The number of urea groups is 1. The Bertz CT molecular complexity index is 1060. The Balaban J connectivity index is 1.52. The van der Waals surface area contributed by atoms with Crippen LogP contribution < -0.4 is 25.0 Å². The van der Waals surface area contributed by atoms with E-state index in [-0.39, 0.29) is 6.03 Å². The summed E-state index contributed by atoms with van der Waals surface area (Å²) in [6.07, 6.45) is 0. The number of anilines is 1. The minimum atomic E-state index is -0.633. The molecule has 0 aliphatic carbocycles. The Morgan fingerprint density at radius 3 is 2.32 bits per heavy atom. The van der Waals surface area contributed by atoms with Gasteiger partial charge in [-0.1, -0.05) is 12.1 Å². The zero-order valence-corrected chi connectivity index (χ0v) is 19.7. The summed E-state index contributed by atoms with van der Waals surface area (Å²) in [6.45, 7) is 3.68. The SMILES string of the molecule is COC(=O)C1=C(CN2CCN(c3ccc(OC)cc3)CC2)NC(=O)NC1c1cccc(OC)c1. The fourth-order valence-electron chi connectivity index (χ4n) is 4.35. The first-order valence-electron chi connectivity index (χ1n) is 11.2. The van der Waals surface area contributed by atoms with E-state index in [0.717, 1.165) is 43.2 Å². The summed E-state index contributed by atoms with van der Waals surface area (Å²) in [5.41, 5.74) is 2.84. The van der Waals surface area contributed by atoms with Crippen LogP contribution in [-0.2, 0) is 9.53 Å². The van der Waals surface area contributed by atoms with Crippen LogP contribution in [0.15, 0.2) is 59.8 Å². The molecule has 9 nitrogen and oxygen atoms in total. The van der Waals surface area contributed by atoms with Crippen LogP contribution in [-0.4, -0.2) is 71.0 Å². The number of piperazine rings is 1. The molecular formula is C25H30N4O5. The maximum Gasteiger partial charge on any atom is 0.338 e. The van der Waals surface area contributed by atoms with Gasteiger partial charge in [-0.05, 0) is 42.0 Å². The first kappa shape index (κ1) is 23.4. The van der Waals surface area contributed by atoms with Crippen LogP contribution in [0.3, 0.4) is 0 Å². The number of carbonyl (C=O) groups excluding carboxylic acids is 2. The highest BCUT2D eigenvalue weighted by molar-refractivity contribution is 5.95. The lowest BCUT2D eigenvalue weighted by Crippen LogP contribution is -2.51. The topological polar surface area (TPSA) is 92.4 Å². The average Bonchev–Trinajstić information content (AvgIpc) is 2.88. The van der Waals surface area contributed by atoms with E-state index >= 15 is 0 Å². The molecule has 2 heterocycles. The molecule has 1 fully saturated rings. The summed E-state index contributed by atoms with van der Waals surface area (Å²) in [7, 11) is 4.58. The lowest BCUT2D eigenvalue weighted by atomic mass is 9.94. The van der Waals surface area contributed by atoms with Crippen LogP contribution in [0.4, 0.5) is 10.5 Å². The van der Waals surface area contributed by atoms with Crippen LogP contribution in [0.5, 0.6) is 11.5 Å². The van der Waals surface area contributed by atoms with E-state index in [0.29, 0.717) is 23.6 Å². The zero-order chi connectivity index (χ0) is 24.1. The molecule has 1 atom stereocenters. The summed E-state index contributed by atoms with van der Waals surface area (Å²) in [4.78, 5) is 29.9. The second-order valence-corrected chi connectivity index (χ2v) is 8.15. The van der Waals surface area contributed by atoms with Crippen molar-refractivity contribution in [2.24, 2.45) is 0 Å². The van der Waals surface area contributed by atoms with Crippen molar-refractivity contribution in [1.82, 2.24) is 15.5 Å². The number of hydrogen-bond acceptors (Lipinski definition) is 7. The summed E-state index contributed by atoms with van der Waals surface area (Å²) in [5.74, 6) is 0.995. The molecule has 2 aromatic carbocycles. The molecule has 2 aromatic rings. The van der Waals surface area contributed by atoms with Crippen LogP contribution in [0.25, 0.3) is 0 Å². The number of amides is 2. The average molecular weight is 467 g/mol. The molecule has 4 rings (SSSR count). The molecule has 1 saturated heterocycles. The predicted molar refractivity (Wildman–Crippen MR) is 128 cm³/mol. The fourth-order valence-corrected chi connectivity index (χ4v) is 4.35. The van der Waals surface area contributed by atoms with E-state index in [4.69, 9.17) is 14.2 Å². The molecule has 2 amide bonds. The second kappa shape index (κ2) is 10.5. The van der Waals surface area contributed by atoms with Gasteiger partial charge in [0, 0.05) is 44.1 Å². The van der Waals surface area contributed by atoms with Crippen molar-refractivity contribution < 1.29 is 23.8 Å². The summed E-state index contributed by atoms with van der Waals surface area (Å²) in [5, 5.41) is 5.69. The van der Waals surface area contributed by atoms with Crippen molar-refractivity contribution in [1.29, 1.82) is 0 Å². The summed E-state index contributed by atoms with van der Waals surface area (Å²) < 4.78 is 15.7. The molecule has 0 spiro atoms. The Hall–Kier alpha value is -3.72. The predicted octanol–water partition coefficient (Wildman–Crippen LogP) is 2.31. The molecule has 180 valence electrons. The highest BCUT2D eigenvalue weighted by atomic mass is 16.5. The zero-order valence-electron chi connectivity index (χ0n) is 19.7. The van der Waals surface area contributed by atoms with Gasteiger partial charge < -0.3 is 29.7 Å². The van der Waals surface area contributed by atoms with Gasteiger partial charge in [0.15, 0.2) is 0 Å². The van der Waals surface area contributed by atoms with Crippen LogP contribution >= 0.6 is 0 Å². The second-order valence-electron chi connectivity index (χ2n) is 8.15. The van der Waals surface area contributed by atoms with Crippen LogP contribution in [0, 0.1) is 0 Å². The first-order valence-corrected chi connectivity index (χ1v) is 11.2. The molecule has 0 radical (unpaired) electrons. The van der Waals surface area contributed by atoms with Gasteiger partial charge in [0.05, 0.1) is 32.9 Å². The normalized spacial score (nSPS) is 18.7. The number of esters is 1. The number of ether oxygens (including phenoxy) is 3. The molecule has 2 aliphatic heterocycles. The summed E-state index contributed by atoms with van der Waals surface area (Å²) >= 11 is 0. The lowest BCUT2D eigenvalue weighted by Gasteiger charge is -2.38. The minimum Gasteiger partial charge on any atom is -0.497 e. The van der Waals surface area contributed by atoms with E-state index in [1.807, 2.05) is 36.4 Å². The lowest BCUT2D eigenvalue weighted by molar-refractivity contribution is -0.136. The highest BCUT2D eigenvalue weighted by Crippen LogP contribution is 2.30. The van der Waals surface area contributed by atoms with E-state index in [1.165, 1.54) is 7.11 Å². The van der Waals surface area contributed by atoms with Gasteiger partial charge in [-0.2, -0.15) is 0 Å². The third kappa shape index (κ3) is 5.09. The first-order chi connectivity index (χ1) is 16.5. The van der Waals surface area contributed by atoms with Gasteiger partial charge >= 0.3 is 12.0 Å². The van der Waals surface area contributed by atoms with Gasteiger partial charge in [0.1, 0.15) is 11.5 Å². The molecule has 0 aromatic heterocycles. The van der Waals surface area contributed by atoms with E-state index in [9.17, 15) is 9.59 Å². The maximum absolute atomic E-state index is 12.8. The number of hydrogen-bond donors (Lipinski definition) is 2. The van der Waals surface area contributed by atoms with Gasteiger partial charge in [-0.15, -0.1) is 0 Å². The molecule has 2 aliphatic rings. The Labute approximate surface area is 199 Å². The molecule has 34 heavy (non-hydrogen) atoms. The third-order valence-electron chi connectivity index (χ3n) is 6.18. The number of methoxy groups -OCH3 is 3. The Morgan fingerprint density at radius 2 is 1.68 bits per heavy atom. The van der Waals surface area contributed by atoms with Crippen molar-refractivity contribution in [3.8, 4) is 11.5 Å². The maximum atomic E-state index is 12.8. The fraction of sp³-hybridized carbons (Fsp3) is 0.360. The standard InChI is InChI=1S/C25H30N4O5/c1-32-19-9-7-18(8-10-19)29-13-11-28(12-14-29)16-21-22(24(30)34-3)23(27-25(31)26-21)17-5-4-6-20(15-17)33-2/h4-10,15,23H,11-14,16H2,1-3H3,(H2,26,27,31). The van der Waals surface area contributed by atoms with Crippen molar-refractivity contribution in [2.45, 2.75) is 6.04 Å².